The van der Waals surface area contributed by atoms with Gasteiger partial charge in [-0.05, 0) is 29.9 Å². The van der Waals surface area contributed by atoms with Crippen LogP contribution in [0.4, 0.5) is 0 Å². The van der Waals surface area contributed by atoms with Gasteiger partial charge in [-0.25, -0.2) is 0 Å². The molecular weight excluding hydrogens is 306 g/mol. The Morgan fingerprint density at radius 1 is 1.40 bits per heavy atom. The average Bonchev–Trinajstić information content (AvgIpc) is 3.13. The van der Waals surface area contributed by atoms with Crippen LogP contribution < -0.4 is 0 Å². The van der Waals surface area contributed by atoms with Gasteiger partial charge in [0.25, 0.3) is 5.91 Å². The maximum atomic E-state index is 12.4. The highest BCUT2D eigenvalue weighted by Crippen LogP contribution is 2.35. The fourth-order valence-electron chi connectivity index (χ4n) is 2.81. The molecule has 2 nitrogen and oxygen atoms in total. The molecule has 2 heterocycles. The van der Waals surface area contributed by atoms with Gasteiger partial charge in [-0.15, -0.1) is 11.3 Å². The summed E-state index contributed by atoms with van der Waals surface area (Å²) in [5.74, 6) is 0.882. The summed E-state index contributed by atoms with van der Waals surface area (Å²) < 4.78 is 0.718. The van der Waals surface area contributed by atoms with Crippen molar-refractivity contribution in [2.75, 3.05) is 6.54 Å². The van der Waals surface area contributed by atoms with Crippen molar-refractivity contribution in [3.8, 4) is 0 Å². The third-order valence-corrected chi connectivity index (χ3v) is 6.12. The van der Waals surface area contributed by atoms with Crippen LogP contribution in [-0.2, 0) is 4.79 Å². The lowest BCUT2D eigenvalue weighted by Gasteiger charge is -2.17. The number of rotatable bonds is 4. The van der Waals surface area contributed by atoms with Gasteiger partial charge in [0, 0.05) is 11.4 Å². The van der Waals surface area contributed by atoms with Gasteiger partial charge in [0.1, 0.15) is 4.32 Å². The number of carbonyl (C=O) groups is 1. The van der Waals surface area contributed by atoms with E-state index in [9.17, 15) is 4.79 Å². The van der Waals surface area contributed by atoms with Crippen molar-refractivity contribution >= 4 is 51.6 Å². The number of hydrogen-bond donors (Lipinski definition) is 0. The first-order valence-corrected chi connectivity index (χ1v) is 9.13. The van der Waals surface area contributed by atoms with Gasteiger partial charge in [-0.1, -0.05) is 55.7 Å². The highest BCUT2D eigenvalue weighted by atomic mass is 32.2. The first-order valence-electron chi connectivity index (χ1n) is 7.03. The molecule has 1 saturated carbocycles. The summed E-state index contributed by atoms with van der Waals surface area (Å²) in [5, 5.41) is 2.02. The van der Waals surface area contributed by atoms with Gasteiger partial charge in [-0.2, -0.15) is 0 Å². The molecule has 1 aromatic heterocycles. The Labute approximate surface area is 133 Å². The second-order valence-electron chi connectivity index (χ2n) is 5.29. The van der Waals surface area contributed by atoms with E-state index in [0.717, 1.165) is 33.0 Å². The molecule has 0 spiro atoms. The zero-order chi connectivity index (χ0) is 13.9. The summed E-state index contributed by atoms with van der Waals surface area (Å²) in [5.41, 5.74) is 0. The Kier molecular flexibility index (Phi) is 4.58. The van der Waals surface area contributed by atoms with Gasteiger partial charge < -0.3 is 0 Å². The topological polar surface area (TPSA) is 20.3 Å². The molecule has 1 aliphatic heterocycles. The van der Waals surface area contributed by atoms with E-state index in [-0.39, 0.29) is 5.91 Å². The highest BCUT2D eigenvalue weighted by molar-refractivity contribution is 8.26. The van der Waals surface area contributed by atoms with E-state index in [0.29, 0.717) is 0 Å². The van der Waals surface area contributed by atoms with Crippen molar-refractivity contribution in [1.29, 1.82) is 0 Å². The number of thiocarbonyl (C=S) groups is 1. The van der Waals surface area contributed by atoms with E-state index in [1.807, 2.05) is 23.6 Å². The summed E-state index contributed by atoms with van der Waals surface area (Å²) in [6.07, 6.45) is 8.39. The Morgan fingerprint density at radius 3 is 2.90 bits per heavy atom. The van der Waals surface area contributed by atoms with Crippen LogP contribution >= 0.6 is 35.3 Å². The quantitative estimate of drug-likeness (QED) is 0.600. The largest absolute Gasteiger partial charge is 0.293 e. The van der Waals surface area contributed by atoms with Crippen LogP contribution in [0.25, 0.3) is 6.08 Å². The minimum atomic E-state index is 0.0893. The van der Waals surface area contributed by atoms with Gasteiger partial charge in [0.15, 0.2) is 0 Å². The first-order chi connectivity index (χ1) is 9.74. The van der Waals surface area contributed by atoms with Gasteiger partial charge in [0.2, 0.25) is 0 Å². The molecule has 2 aliphatic rings. The van der Waals surface area contributed by atoms with Crippen LogP contribution in [-0.4, -0.2) is 21.7 Å². The Balaban J connectivity index is 1.64. The van der Waals surface area contributed by atoms with Crippen molar-refractivity contribution in [2.24, 2.45) is 5.92 Å². The molecule has 2 fully saturated rings. The average molecular weight is 324 g/mol. The molecule has 1 aromatic rings. The molecule has 0 N–H and O–H groups in total. The van der Waals surface area contributed by atoms with Crippen LogP contribution in [0.5, 0.6) is 0 Å². The smallest absolute Gasteiger partial charge is 0.266 e. The summed E-state index contributed by atoms with van der Waals surface area (Å²) >= 11 is 8.44. The van der Waals surface area contributed by atoms with Gasteiger partial charge in [0.05, 0.1) is 4.91 Å². The third-order valence-electron chi connectivity index (χ3n) is 3.93. The lowest BCUT2D eigenvalue weighted by molar-refractivity contribution is -0.122. The fourth-order valence-corrected chi connectivity index (χ4v) is 4.84. The summed E-state index contributed by atoms with van der Waals surface area (Å²) in [4.78, 5) is 16.1. The normalized spacial score (nSPS) is 22.4. The van der Waals surface area contributed by atoms with Crippen LogP contribution in [0.15, 0.2) is 22.4 Å². The van der Waals surface area contributed by atoms with Crippen LogP contribution in [0.2, 0.25) is 0 Å². The van der Waals surface area contributed by atoms with E-state index >= 15 is 0 Å². The molecular formula is C15H17NOS3. The molecule has 1 aliphatic carbocycles. The van der Waals surface area contributed by atoms with Crippen molar-refractivity contribution < 1.29 is 4.79 Å². The van der Waals surface area contributed by atoms with E-state index in [4.69, 9.17) is 12.2 Å². The molecule has 5 heteroatoms. The molecule has 0 aromatic carbocycles. The highest BCUT2D eigenvalue weighted by Gasteiger charge is 2.32. The maximum Gasteiger partial charge on any atom is 0.266 e. The number of amides is 1. The second kappa shape index (κ2) is 6.41. The lowest BCUT2D eigenvalue weighted by atomic mass is 10.0. The van der Waals surface area contributed by atoms with Crippen molar-refractivity contribution in [2.45, 2.75) is 32.1 Å². The molecule has 20 heavy (non-hydrogen) atoms. The van der Waals surface area contributed by atoms with E-state index < -0.39 is 0 Å². The minimum absolute atomic E-state index is 0.0893. The van der Waals surface area contributed by atoms with E-state index in [1.165, 1.54) is 37.4 Å². The van der Waals surface area contributed by atoms with Gasteiger partial charge >= 0.3 is 0 Å². The Morgan fingerprint density at radius 2 is 2.20 bits per heavy atom. The first kappa shape index (κ1) is 14.3. The number of hydrogen-bond acceptors (Lipinski definition) is 4. The van der Waals surface area contributed by atoms with E-state index in [1.54, 1.807) is 16.2 Å². The molecule has 1 saturated heterocycles. The summed E-state index contributed by atoms with van der Waals surface area (Å²) in [6.45, 7) is 0.789. The monoisotopic (exact) mass is 323 g/mol. The molecule has 3 rings (SSSR count). The van der Waals surface area contributed by atoms with Crippen molar-refractivity contribution in [3.05, 3.63) is 27.3 Å². The van der Waals surface area contributed by atoms with E-state index in [2.05, 4.69) is 0 Å². The number of nitrogens with zero attached hydrogens (tertiary/aromatic N) is 1. The Hall–Kier alpha value is -0.650. The van der Waals surface area contributed by atoms with Gasteiger partial charge in [-0.3, -0.25) is 9.69 Å². The summed E-state index contributed by atoms with van der Waals surface area (Å²) in [6, 6.07) is 4.02. The van der Waals surface area contributed by atoms with Crippen LogP contribution in [0, 0.1) is 5.92 Å². The minimum Gasteiger partial charge on any atom is -0.293 e. The molecule has 0 unspecified atom stereocenters. The molecule has 1 amide bonds. The van der Waals surface area contributed by atoms with Crippen molar-refractivity contribution in [1.82, 2.24) is 4.90 Å². The third kappa shape index (κ3) is 3.15. The van der Waals surface area contributed by atoms with Crippen LogP contribution in [0.3, 0.4) is 0 Å². The zero-order valence-corrected chi connectivity index (χ0v) is 13.7. The molecule has 0 radical (unpaired) electrons. The van der Waals surface area contributed by atoms with Crippen LogP contribution in [0.1, 0.15) is 37.0 Å². The molecule has 0 atom stereocenters. The lowest BCUT2D eigenvalue weighted by Crippen LogP contribution is -2.30. The standard InChI is InChI=1S/C15H17NOS3/c17-14-13(10-12-6-3-9-19-12)20-15(18)16(14)8-7-11-4-1-2-5-11/h3,6,9-11H,1-2,4-5,7-8H2/b13-10+. The maximum absolute atomic E-state index is 12.4. The predicted octanol–water partition coefficient (Wildman–Crippen LogP) is 4.53. The SMILES string of the molecule is O=C1/C(=C\c2cccs2)SC(=S)N1CCC1CCCC1. The second-order valence-corrected chi connectivity index (χ2v) is 7.94. The number of carbonyl (C=O) groups excluding carboxylic acids is 1. The number of thiophene rings is 1. The molecule has 106 valence electrons. The Bertz CT molecular complexity index is 529. The number of thioether (sulfide) groups is 1. The van der Waals surface area contributed by atoms with Crippen molar-refractivity contribution in [3.63, 3.8) is 0 Å². The summed E-state index contributed by atoms with van der Waals surface area (Å²) in [7, 11) is 0. The molecule has 0 bridgehead atoms. The zero-order valence-electron chi connectivity index (χ0n) is 11.2. The fraction of sp³-hybridized carbons (Fsp3) is 0.467. The predicted molar refractivity (Wildman–Crippen MR) is 90.8 cm³/mol.